The standard InChI is InChI=1S/C28H27N3O4/c1-5-20-8-12-23(13-9-20)31-28-25(27(33)30-22-10-6-17(2)7-11-22)14-24-21(16-34-19(4)32)15-29-18(3)26(24)35-28/h6-15H,5,16H2,1-4H3,(H,30,33). The highest BCUT2D eigenvalue weighted by Gasteiger charge is 2.17. The molecule has 1 amide bonds. The van der Waals surface area contributed by atoms with Gasteiger partial charge in [-0.3, -0.25) is 14.6 Å². The summed E-state index contributed by atoms with van der Waals surface area (Å²) in [5.74, 6) is -0.772. The lowest BCUT2D eigenvalue weighted by atomic mass is 10.1. The molecule has 35 heavy (non-hydrogen) atoms. The van der Waals surface area contributed by atoms with Gasteiger partial charge in [-0.2, -0.15) is 0 Å². The minimum atomic E-state index is -0.407. The number of benzene rings is 2. The van der Waals surface area contributed by atoms with Gasteiger partial charge in [0.25, 0.3) is 5.91 Å². The number of esters is 1. The highest BCUT2D eigenvalue weighted by molar-refractivity contribution is 6.05. The number of carbonyl (C=O) groups excluding carboxylic acids is 2. The van der Waals surface area contributed by atoms with E-state index in [9.17, 15) is 9.59 Å². The highest BCUT2D eigenvalue weighted by Crippen LogP contribution is 2.23. The maximum absolute atomic E-state index is 13.4. The van der Waals surface area contributed by atoms with E-state index in [-0.39, 0.29) is 23.6 Å². The number of amides is 1. The molecule has 0 aliphatic rings. The van der Waals surface area contributed by atoms with Gasteiger partial charge in [0, 0.05) is 29.8 Å². The van der Waals surface area contributed by atoms with Gasteiger partial charge in [0.05, 0.1) is 11.4 Å². The SMILES string of the molecule is CCc1ccc(N=c2oc3c(C)ncc(COC(C)=O)c3cc2C(=O)Nc2ccc(C)cc2)cc1. The average Bonchev–Trinajstić information content (AvgIpc) is 2.85. The maximum atomic E-state index is 13.4. The molecule has 4 rings (SSSR count). The van der Waals surface area contributed by atoms with E-state index >= 15 is 0 Å². The highest BCUT2D eigenvalue weighted by atomic mass is 16.5. The van der Waals surface area contributed by atoms with Crippen LogP contribution in [0.3, 0.4) is 0 Å². The molecule has 0 aliphatic heterocycles. The number of fused-ring (bicyclic) bond motifs is 1. The number of aryl methyl sites for hydroxylation is 3. The zero-order valence-electron chi connectivity index (χ0n) is 20.2. The molecule has 2 heterocycles. The van der Waals surface area contributed by atoms with Crippen molar-refractivity contribution in [3.63, 3.8) is 0 Å². The lowest BCUT2D eigenvalue weighted by Crippen LogP contribution is -2.22. The summed E-state index contributed by atoms with van der Waals surface area (Å²) in [6.07, 6.45) is 2.54. The molecule has 0 radical (unpaired) electrons. The second kappa shape index (κ2) is 10.3. The summed E-state index contributed by atoms with van der Waals surface area (Å²) in [6.45, 7) is 7.24. The molecule has 0 saturated heterocycles. The monoisotopic (exact) mass is 469 g/mol. The summed E-state index contributed by atoms with van der Waals surface area (Å²) in [5.41, 5.74) is 5.77. The van der Waals surface area contributed by atoms with Gasteiger partial charge in [0.1, 0.15) is 12.2 Å². The first-order valence-electron chi connectivity index (χ1n) is 11.4. The predicted octanol–water partition coefficient (Wildman–Crippen LogP) is 5.55. The van der Waals surface area contributed by atoms with Crippen molar-refractivity contribution in [3.05, 3.63) is 94.3 Å². The van der Waals surface area contributed by atoms with Gasteiger partial charge >= 0.3 is 5.97 Å². The van der Waals surface area contributed by atoms with Crippen LogP contribution in [0.4, 0.5) is 11.4 Å². The minimum Gasteiger partial charge on any atom is -0.461 e. The first kappa shape index (κ1) is 23.9. The van der Waals surface area contributed by atoms with Crippen molar-refractivity contribution >= 4 is 34.2 Å². The summed E-state index contributed by atoms with van der Waals surface area (Å²) < 4.78 is 11.4. The lowest BCUT2D eigenvalue weighted by Gasteiger charge is -2.11. The van der Waals surface area contributed by atoms with Gasteiger partial charge in [0.2, 0.25) is 5.55 Å². The minimum absolute atomic E-state index is 0.0165. The van der Waals surface area contributed by atoms with Crippen molar-refractivity contribution < 1.29 is 18.7 Å². The first-order chi connectivity index (χ1) is 16.8. The number of pyridine rings is 1. The molecule has 0 saturated carbocycles. The van der Waals surface area contributed by atoms with Crippen molar-refractivity contribution in [2.45, 2.75) is 40.7 Å². The van der Waals surface area contributed by atoms with Crippen molar-refractivity contribution in [2.24, 2.45) is 4.99 Å². The largest absolute Gasteiger partial charge is 0.461 e. The third kappa shape index (κ3) is 5.63. The molecule has 0 bridgehead atoms. The van der Waals surface area contributed by atoms with E-state index in [2.05, 4.69) is 22.2 Å². The maximum Gasteiger partial charge on any atom is 0.302 e. The first-order valence-corrected chi connectivity index (χ1v) is 11.4. The molecule has 178 valence electrons. The fourth-order valence-electron chi connectivity index (χ4n) is 3.59. The number of hydrogen-bond donors (Lipinski definition) is 1. The Morgan fingerprint density at radius 2 is 1.77 bits per heavy atom. The van der Waals surface area contributed by atoms with Crippen molar-refractivity contribution in [2.75, 3.05) is 5.32 Å². The molecular formula is C28H27N3O4. The Hall–Kier alpha value is -4.26. The van der Waals surface area contributed by atoms with E-state index in [4.69, 9.17) is 9.15 Å². The van der Waals surface area contributed by atoms with Crippen molar-refractivity contribution in [1.82, 2.24) is 4.98 Å². The molecule has 0 fully saturated rings. The van der Waals surface area contributed by atoms with Gasteiger partial charge in [-0.25, -0.2) is 4.99 Å². The average molecular weight is 470 g/mol. The third-order valence-corrected chi connectivity index (χ3v) is 5.61. The zero-order chi connectivity index (χ0) is 24.9. The van der Waals surface area contributed by atoms with Crippen LogP contribution in [-0.2, 0) is 22.6 Å². The Morgan fingerprint density at radius 3 is 2.43 bits per heavy atom. The van der Waals surface area contributed by atoms with E-state index in [0.717, 1.165) is 12.0 Å². The lowest BCUT2D eigenvalue weighted by molar-refractivity contribution is -0.142. The molecule has 7 heteroatoms. The second-order valence-electron chi connectivity index (χ2n) is 8.31. The number of nitrogens with zero attached hydrogens (tertiary/aromatic N) is 2. The van der Waals surface area contributed by atoms with Crippen LogP contribution >= 0.6 is 0 Å². The number of aromatic nitrogens is 1. The smallest absolute Gasteiger partial charge is 0.302 e. The Kier molecular flexibility index (Phi) is 7.06. The number of nitrogens with one attached hydrogen (secondary N) is 1. The van der Waals surface area contributed by atoms with Crippen molar-refractivity contribution in [3.8, 4) is 0 Å². The Labute approximate surface area is 203 Å². The zero-order valence-corrected chi connectivity index (χ0v) is 20.2. The van der Waals surface area contributed by atoms with Gasteiger partial charge < -0.3 is 14.5 Å². The fourth-order valence-corrected chi connectivity index (χ4v) is 3.59. The molecule has 4 aromatic rings. The summed E-state index contributed by atoms with van der Waals surface area (Å²) >= 11 is 0. The van der Waals surface area contributed by atoms with Crippen LogP contribution in [-0.4, -0.2) is 16.9 Å². The Balaban J connectivity index is 1.88. The summed E-state index contributed by atoms with van der Waals surface area (Å²) in [5, 5.41) is 3.55. The number of anilines is 1. The second-order valence-corrected chi connectivity index (χ2v) is 8.31. The van der Waals surface area contributed by atoms with Gasteiger partial charge in [-0.05, 0) is 56.2 Å². The summed E-state index contributed by atoms with van der Waals surface area (Å²) in [7, 11) is 0. The van der Waals surface area contributed by atoms with Crippen LogP contribution in [0.25, 0.3) is 11.0 Å². The molecule has 0 atom stereocenters. The molecule has 2 aromatic heterocycles. The summed E-state index contributed by atoms with van der Waals surface area (Å²) in [6, 6.07) is 17.0. The van der Waals surface area contributed by atoms with E-state index in [1.807, 2.05) is 62.4 Å². The quantitative estimate of drug-likeness (QED) is 0.374. The fraction of sp³-hybridized carbons (Fsp3) is 0.214. The third-order valence-electron chi connectivity index (χ3n) is 5.61. The van der Waals surface area contributed by atoms with E-state index < -0.39 is 5.97 Å². The predicted molar refractivity (Wildman–Crippen MR) is 134 cm³/mol. The van der Waals surface area contributed by atoms with Gasteiger partial charge in [0.15, 0.2) is 5.58 Å². The molecule has 1 N–H and O–H groups in total. The normalized spacial score (nSPS) is 11.5. The number of hydrogen-bond acceptors (Lipinski definition) is 6. The number of rotatable bonds is 6. The van der Waals surface area contributed by atoms with Crippen LogP contribution in [0.5, 0.6) is 0 Å². The molecular weight excluding hydrogens is 442 g/mol. The van der Waals surface area contributed by atoms with Crippen LogP contribution in [0.15, 0.2) is 70.2 Å². The van der Waals surface area contributed by atoms with E-state index in [0.29, 0.717) is 33.6 Å². The van der Waals surface area contributed by atoms with E-state index in [1.54, 1.807) is 12.3 Å². The summed E-state index contributed by atoms with van der Waals surface area (Å²) in [4.78, 5) is 33.8. The topological polar surface area (TPSA) is 93.8 Å². The van der Waals surface area contributed by atoms with Crippen LogP contribution in [0.2, 0.25) is 0 Å². The van der Waals surface area contributed by atoms with Crippen molar-refractivity contribution in [1.29, 1.82) is 0 Å². The molecule has 0 spiro atoms. The molecule has 7 nitrogen and oxygen atoms in total. The van der Waals surface area contributed by atoms with E-state index in [1.165, 1.54) is 12.5 Å². The van der Waals surface area contributed by atoms with Gasteiger partial charge in [-0.15, -0.1) is 0 Å². The number of carbonyl (C=O) groups is 2. The molecule has 2 aromatic carbocycles. The van der Waals surface area contributed by atoms with Gasteiger partial charge in [-0.1, -0.05) is 36.8 Å². The molecule has 0 aliphatic carbocycles. The number of ether oxygens (including phenoxy) is 1. The Morgan fingerprint density at radius 1 is 1.06 bits per heavy atom. The Bertz CT molecular complexity index is 1450. The molecule has 0 unspecified atom stereocenters. The van der Waals surface area contributed by atoms with Crippen LogP contribution in [0.1, 0.15) is 46.6 Å². The van der Waals surface area contributed by atoms with Crippen LogP contribution < -0.4 is 10.9 Å². The van der Waals surface area contributed by atoms with Crippen LogP contribution in [0, 0.1) is 13.8 Å².